The number of halogens is 2. The first kappa shape index (κ1) is 22.6. The topological polar surface area (TPSA) is 75.3 Å². The van der Waals surface area contributed by atoms with Gasteiger partial charge >= 0.3 is 0 Å². The van der Waals surface area contributed by atoms with Gasteiger partial charge in [-0.1, -0.05) is 59.1 Å². The van der Waals surface area contributed by atoms with Crippen LogP contribution in [0.15, 0.2) is 36.4 Å². The largest absolute Gasteiger partial charge is 0.390 e. The Balaban J connectivity index is 1.41. The van der Waals surface area contributed by atoms with E-state index in [1.165, 1.54) is 16.7 Å². The van der Waals surface area contributed by atoms with Crippen molar-refractivity contribution in [2.24, 2.45) is 11.1 Å². The van der Waals surface area contributed by atoms with E-state index >= 15 is 0 Å². The van der Waals surface area contributed by atoms with Crippen molar-refractivity contribution in [2.45, 2.75) is 45.8 Å². The number of benzene rings is 2. The standard InChI is InChI=1S/C26H28Cl2N4O/c1-15-6-7-17-13-26(24(29)19(17)12-15)8-10-32(11-9-26)25-21(14-33)31-23(16(2)30-25)18-4-3-5-20(27)22(18)28/h3-7,12,24,33H,8-11,13-14,29H2,1-2H3/t24-/m1/s1. The molecule has 1 spiro atoms. The molecule has 2 aromatic carbocycles. The lowest BCUT2D eigenvalue weighted by atomic mass is 9.73. The lowest BCUT2D eigenvalue weighted by molar-refractivity contribution is 0.186. The molecule has 5 rings (SSSR count). The lowest BCUT2D eigenvalue weighted by Gasteiger charge is -2.43. The molecule has 3 N–H and O–H groups in total. The second-order valence-electron chi connectivity index (χ2n) is 9.39. The number of nitrogens with two attached hydrogens (primary N) is 1. The Bertz CT molecular complexity index is 1220. The second kappa shape index (κ2) is 8.55. The summed E-state index contributed by atoms with van der Waals surface area (Å²) in [6.07, 6.45) is 2.99. The molecule has 33 heavy (non-hydrogen) atoms. The zero-order chi connectivity index (χ0) is 23.3. The summed E-state index contributed by atoms with van der Waals surface area (Å²) in [7, 11) is 0. The van der Waals surface area contributed by atoms with E-state index < -0.39 is 0 Å². The first-order valence-corrected chi connectivity index (χ1v) is 12.1. The summed E-state index contributed by atoms with van der Waals surface area (Å²) in [5, 5.41) is 11.0. The molecule has 5 nitrogen and oxygen atoms in total. The smallest absolute Gasteiger partial charge is 0.153 e. The van der Waals surface area contributed by atoms with Gasteiger partial charge in [-0.25, -0.2) is 9.97 Å². The molecule has 1 aliphatic carbocycles. The van der Waals surface area contributed by atoms with Crippen molar-refractivity contribution in [2.75, 3.05) is 18.0 Å². The SMILES string of the molecule is Cc1ccc2c(c1)[C@@H](N)C1(CCN(c3nc(C)c(-c4cccc(Cl)c4Cl)nc3CO)CC1)C2. The van der Waals surface area contributed by atoms with Crippen LogP contribution in [0.3, 0.4) is 0 Å². The number of aliphatic hydroxyl groups excluding tert-OH is 1. The predicted octanol–water partition coefficient (Wildman–Crippen LogP) is 5.40. The number of rotatable bonds is 3. The van der Waals surface area contributed by atoms with E-state index in [0.29, 0.717) is 21.4 Å². The van der Waals surface area contributed by atoms with Gasteiger partial charge in [-0.15, -0.1) is 0 Å². The molecule has 0 radical (unpaired) electrons. The Hall–Kier alpha value is -2.18. The van der Waals surface area contributed by atoms with Gasteiger partial charge in [-0.05, 0) is 55.7 Å². The molecule has 3 aromatic rings. The Morgan fingerprint density at radius 2 is 1.88 bits per heavy atom. The maximum atomic E-state index is 10.1. The molecule has 2 aliphatic rings. The zero-order valence-corrected chi connectivity index (χ0v) is 20.4. The Labute approximate surface area is 204 Å². The first-order valence-electron chi connectivity index (χ1n) is 11.4. The fourth-order valence-electron chi connectivity index (χ4n) is 5.48. The molecule has 1 atom stereocenters. The van der Waals surface area contributed by atoms with Crippen LogP contribution in [0.5, 0.6) is 0 Å². The number of hydrogen-bond donors (Lipinski definition) is 2. The van der Waals surface area contributed by atoms with Gasteiger partial charge in [0.25, 0.3) is 0 Å². The number of nitrogens with zero attached hydrogens (tertiary/aromatic N) is 3. The quantitative estimate of drug-likeness (QED) is 0.522. The minimum absolute atomic E-state index is 0.0621. The van der Waals surface area contributed by atoms with Gasteiger partial charge in [0.1, 0.15) is 5.69 Å². The van der Waals surface area contributed by atoms with Gasteiger partial charge in [0.15, 0.2) is 5.82 Å². The third-order valence-electron chi connectivity index (χ3n) is 7.38. The van der Waals surface area contributed by atoms with Gasteiger partial charge in [0.05, 0.1) is 28.0 Å². The average molecular weight is 483 g/mol. The van der Waals surface area contributed by atoms with Crippen LogP contribution in [-0.2, 0) is 13.0 Å². The van der Waals surface area contributed by atoms with Crippen molar-refractivity contribution >= 4 is 29.0 Å². The van der Waals surface area contributed by atoms with Gasteiger partial charge in [-0.2, -0.15) is 0 Å². The normalized spacial score (nSPS) is 19.2. The van der Waals surface area contributed by atoms with E-state index in [2.05, 4.69) is 30.0 Å². The Kier molecular flexibility index (Phi) is 5.86. The summed E-state index contributed by atoms with van der Waals surface area (Å²) in [6, 6.07) is 12.2. The van der Waals surface area contributed by atoms with Crippen molar-refractivity contribution in [1.29, 1.82) is 0 Å². The Morgan fingerprint density at radius 1 is 1.12 bits per heavy atom. The monoisotopic (exact) mass is 482 g/mol. The highest BCUT2D eigenvalue weighted by Gasteiger charge is 2.46. The van der Waals surface area contributed by atoms with Crippen LogP contribution in [0.4, 0.5) is 5.82 Å². The number of anilines is 1. The van der Waals surface area contributed by atoms with Crippen LogP contribution >= 0.6 is 23.2 Å². The molecule has 0 unspecified atom stereocenters. The molecule has 2 heterocycles. The van der Waals surface area contributed by atoms with Crippen LogP contribution in [0.2, 0.25) is 10.0 Å². The van der Waals surface area contributed by atoms with Crippen molar-refractivity contribution in [3.05, 3.63) is 74.5 Å². The van der Waals surface area contributed by atoms with E-state index in [9.17, 15) is 5.11 Å². The molecular weight excluding hydrogens is 455 g/mol. The number of aliphatic hydroxyl groups is 1. The molecule has 1 fully saturated rings. The number of hydrogen-bond acceptors (Lipinski definition) is 5. The maximum absolute atomic E-state index is 10.1. The molecule has 172 valence electrons. The third-order valence-corrected chi connectivity index (χ3v) is 8.19. The molecule has 1 aliphatic heterocycles. The van der Waals surface area contributed by atoms with E-state index in [1.807, 2.05) is 19.1 Å². The Morgan fingerprint density at radius 3 is 2.61 bits per heavy atom. The van der Waals surface area contributed by atoms with E-state index in [-0.39, 0.29) is 18.1 Å². The number of aryl methyl sites for hydroxylation is 2. The predicted molar refractivity (Wildman–Crippen MR) is 134 cm³/mol. The summed E-state index contributed by atoms with van der Waals surface area (Å²) in [5.41, 5.74) is 13.5. The van der Waals surface area contributed by atoms with Crippen molar-refractivity contribution < 1.29 is 5.11 Å². The van der Waals surface area contributed by atoms with Crippen LogP contribution in [-0.4, -0.2) is 28.2 Å². The lowest BCUT2D eigenvalue weighted by Crippen LogP contribution is -2.45. The summed E-state index contributed by atoms with van der Waals surface area (Å²) in [4.78, 5) is 11.9. The minimum atomic E-state index is -0.195. The molecular formula is C26H28Cl2N4O. The third kappa shape index (κ3) is 3.81. The first-order chi connectivity index (χ1) is 15.8. The van der Waals surface area contributed by atoms with E-state index in [1.54, 1.807) is 6.07 Å². The van der Waals surface area contributed by atoms with Crippen molar-refractivity contribution in [3.63, 3.8) is 0 Å². The van der Waals surface area contributed by atoms with Gasteiger partial charge in [0.2, 0.25) is 0 Å². The fraction of sp³-hybridized carbons (Fsp3) is 0.385. The van der Waals surface area contributed by atoms with Crippen LogP contribution < -0.4 is 10.6 Å². The summed E-state index contributed by atoms with van der Waals surface area (Å²) in [5.74, 6) is 0.742. The van der Waals surface area contributed by atoms with Gasteiger partial charge in [-0.3, -0.25) is 0 Å². The van der Waals surface area contributed by atoms with Gasteiger partial charge in [0, 0.05) is 24.7 Å². The fourth-order valence-corrected chi connectivity index (χ4v) is 5.87. The van der Waals surface area contributed by atoms with Gasteiger partial charge < -0.3 is 15.7 Å². The summed E-state index contributed by atoms with van der Waals surface area (Å²) in [6.45, 7) is 5.51. The molecule has 0 bridgehead atoms. The van der Waals surface area contributed by atoms with Crippen molar-refractivity contribution in [1.82, 2.24) is 9.97 Å². The van der Waals surface area contributed by atoms with Crippen LogP contribution in [0.25, 0.3) is 11.3 Å². The average Bonchev–Trinajstić information content (AvgIpc) is 3.07. The number of aromatic nitrogens is 2. The van der Waals surface area contributed by atoms with E-state index in [0.717, 1.165) is 49.4 Å². The molecule has 1 aromatic heterocycles. The summed E-state index contributed by atoms with van der Waals surface area (Å²) >= 11 is 12.6. The number of piperidine rings is 1. The molecule has 1 saturated heterocycles. The molecule has 0 amide bonds. The molecule has 0 saturated carbocycles. The minimum Gasteiger partial charge on any atom is -0.390 e. The highest BCUT2D eigenvalue weighted by Crippen LogP contribution is 2.51. The number of fused-ring (bicyclic) bond motifs is 1. The maximum Gasteiger partial charge on any atom is 0.153 e. The highest BCUT2D eigenvalue weighted by atomic mass is 35.5. The molecule has 7 heteroatoms. The zero-order valence-electron chi connectivity index (χ0n) is 18.9. The highest BCUT2D eigenvalue weighted by molar-refractivity contribution is 6.43. The van der Waals surface area contributed by atoms with Crippen LogP contribution in [0.1, 0.15) is 47.0 Å². The van der Waals surface area contributed by atoms with E-state index in [4.69, 9.17) is 38.9 Å². The summed E-state index contributed by atoms with van der Waals surface area (Å²) < 4.78 is 0. The van der Waals surface area contributed by atoms with Crippen molar-refractivity contribution in [3.8, 4) is 11.3 Å². The second-order valence-corrected chi connectivity index (χ2v) is 10.2. The van der Waals surface area contributed by atoms with Crippen LogP contribution in [0, 0.1) is 19.3 Å².